The van der Waals surface area contributed by atoms with Gasteiger partial charge in [0.25, 0.3) is 0 Å². The first-order chi connectivity index (χ1) is 8.65. The minimum Gasteiger partial charge on any atom is -0.453 e. The molecule has 0 saturated carbocycles. The van der Waals surface area contributed by atoms with Gasteiger partial charge in [-0.2, -0.15) is 0 Å². The quantitative estimate of drug-likeness (QED) is 0.757. The van der Waals surface area contributed by atoms with E-state index in [0.717, 1.165) is 12.8 Å². The van der Waals surface area contributed by atoms with E-state index in [9.17, 15) is 9.59 Å². The lowest BCUT2D eigenvalue weighted by Gasteiger charge is -2.14. The van der Waals surface area contributed by atoms with Crippen molar-refractivity contribution in [1.29, 1.82) is 0 Å². The molecule has 104 valence electrons. The van der Waals surface area contributed by atoms with Crippen LogP contribution in [0.3, 0.4) is 0 Å². The summed E-state index contributed by atoms with van der Waals surface area (Å²) >= 11 is 0. The summed E-state index contributed by atoms with van der Waals surface area (Å²) in [5.74, 6) is 0. The van der Waals surface area contributed by atoms with Crippen LogP contribution in [0.5, 0.6) is 0 Å². The number of ether oxygens (including phenoxy) is 3. The van der Waals surface area contributed by atoms with Crippen molar-refractivity contribution in [1.82, 2.24) is 10.6 Å². The van der Waals surface area contributed by atoms with Gasteiger partial charge in [0.1, 0.15) is 0 Å². The topological polar surface area (TPSA) is 85.9 Å². The zero-order chi connectivity index (χ0) is 13.4. The van der Waals surface area contributed by atoms with Gasteiger partial charge in [-0.05, 0) is 19.8 Å². The Labute approximate surface area is 106 Å². The molecule has 1 saturated heterocycles. The maximum absolute atomic E-state index is 11.1. The van der Waals surface area contributed by atoms with E-state index < -0.39 is 12.2 Å². The van der Waals surface area contributed by atoms with Crippen molar-refractivity contribution in [3.8, 4) is 0 Å². The largest absolute Gasteiger partial charge is 0.453 e. The third kappa shape index (κ3) is 5.22. The molecule has 1 aliphatic heterocycles. The summed E-state index contributed by atoms with van der Waals surface area (Å²) < 4.78 is 14.9. The van der Waals surface area contributed by atoms with Crippen molar-refractivity contribution < 1.29 is 23.8 Å². The van der Waals surface area contributed by atoms with Gasteiger partial charge in [-0.1, -0.05) is 0 Å². The van der Waals surface area contributed by atoms with E-state index in [1.54, 1.807) is 6.92 Å². The number of amides is 2. The first kappa shape index (κ1) is 14.6. The molecule has 2 atom stereocenters. The Bertz CT molecular complexity index is 285. The summed E-state index contributed by atoms with van der Waals surface area (Å²) in [4.78, 5) is 21.9. The number of alkyl carbamates (subject to hydrolysis) is 2. The van der Waals surface area contributed by atoms with E-state index in [4.69, 9.17) is 9.47 Å². The molecule has 18 heavy (non-hydrogen) atoms. The minimum absolute atomic E-state index is 0.0288. The van der Waals surface area contributed by atoms with Crippen molar-refractivity contribution >= 4 is 12.2 Å². The average Bonchev–Trinajstić information content (AvgIpc) is 2.82. The molecule has 7 heteroatoms. The summed E-state index contributed by atoms with van der Waals surface area (Å²) in [6, 6.07) is 0. The Morgan fingerprint density at radius 2 is 1.72 bits per heavy atom. The van der Waals surface area contributed by atoms with Crippen LogP contribution in [0, 0.1) is 0 Å². The normalized spacial score (nSPS) is 22.3. The Balaban J connectivity index is 2.13. The predicted octanol–water partition coefficient (Wildman–Crippen LogP) is 0.636. The molecule has 2 amide bonds. The smallest absolute Gasteiger partial charge is 0.407 e. The van der Waals surface area contributed by atoms with Crippen molar-refractivity contribution in [3.63, 3.8) is 0 Å². The van der Waals surface area contributed by atoms with Gasteiger partial charge >= 0.3 is 12.2 Å². The molecule has 1 fully saturated rings. The Morgan fingerprint density at radius 3 is 2.22 bits per heavy atom. The summed E-state index contributed by atoms with van der Waals surface area (Å²) in [5.41, 5.74) is 0. The third-order valence-electron chi connectivity index (χ3n) is 2.60. The third-order valence-corrected chi connectivity index (χ3v) is 2.60. The molecule has 7 nitrogen and oxygen atoms in total. The molecule has 0 aromatic carbocycles. The molecule has 0 aromatic rings. The van der Waals surface area contributed by atoms with Gasteiger partial charge in [0.15, 0.2) is 0 Å². The van der Waals surface area contributed by atoms with Gasteiger partial charge in [0.2, 0.25) is 0 Å². The molecule has 0 bridgehead atoms. The monoisotopic (exact) mass is 260 g/mol. The molecule has 0 aromatic heterocycles. The van der Waals surface area contributed by atoms with Gasteiger partial charge < -0.3 is 24.8 Å². The number of hydrogen-bond acceptors (Lipinski definition) is 5. The van der Waals surface area contributed by atoms with E-state index in [-0.39, 0.29) is 12.2 Å². The van der Waals surface area contributed by atoms with Gasteiger partial charge in [-0.15, -0.1) is 0 Å². The van der Waals surface area contributed by atoms with Crippen LogP contribution in [0.15, 0.2) is 0 Å². The lowest BCUT2D eigenvalue weighted by Crippen LogP contribution is -2.35. The number of rotatable bonds is 5. The minimum atomic E-state index is -0.466. The number of methoxy groups -OCH3 is 1. The molecule has 0 radical (unpaired) electrons. The van der Waals surface area contributed by atoms with Gasteiger partial charge in [-0.3, -0.25) is 0 Å². The first-order valence-corrected chi connectivity index (χ1v) is 6.03. The zero-order valence-electron chi connectivity index (χ0n) is 10.7. The Kier molecular flexibility index (Phi) is 6.27. The average molecular weight is 260 g/mol. The highest BCUT2D eigenvalue weighted by atomic mass is 16.6. The van der Waals surface area contributed by atoms with Gasteiger partial charge in [0.05, 0.1) is 25.9 Å². The van der Waals surface area contributed by atoms with Gasteiger partial charge in [-0.25, -0.2) is 9.59 Å². The van der Waals surface area contributed by atoms with Crippen molar-refractivity contribution in [2.75, 3.05) is 26.8 Å². The molecular weight excluding hydrogens is 240 g/mol. The van der Waals surface area contributed by atoms with Crippen LogP contribution in [-0.2, 0) is 14.2 Å². The number of nitrogens with one attached hydrogen (secondary N) is 2. The van der Waals surface area contributed by atoms with E-state index >= 15 is 0 Å². The van der Waals surface area contributed by atoms with Crippen LogP contribution in [-0.4, -0.2) is 51.2 Å². The fraction of sp³-hybridized carbons (Fsp3) is 0.818. The van der Waals surface area contributed by atoms with Crippen molar-refractivity contribution in [2.24, 2.45) is 0 Å². The summed E-state index contributed by atoms with van der Waals surface area (Å²) in [6.07, 6.45) is 0.736. The summed E-state index contributed by atoms with van der Waals surface area (Å²) in [7, 11) is 1.32. The molecular formula is C11H20N2O5. The summed E-state index contributed by atoms with van der Waals surface area (Å²) in [6.45, 7) is 2.94. The second kappa shape index (κ2) is 7.75. The molecule has 1 heterocycles. The first-order valence-electron chi connectivity index (χ1n) is 6.03. The fourth-order valence-corrected chi connectivity index (χ4v) is 1.73. The van der Waals surface area contributed by atoms with Crippen molar-refractivity contribution in [3.05, 3.63) is 0 Å². The molecule has 1 rings (SSSR count). The fourth-order valence-electron chi connectivity index (χ4n) is 1.73. The van der Waals surface area contributed by atoms with Crippen molar-refractivity contribution in [2.45, 2.75) is 32.0 Å². The summed E-state index contributed by atoms with van der Waals surface area (Å²) in [5, 5.41) is 5.21. The van der Waals surface area contributed by atoms with Crippen LogP contribution in [0.25, 0.3) is 0 Å². The maximum atomic E-state index is 11.1. The molecule has 1 aliphatic rings. The highest BCUT2D eigenvalue weighted by Crippen LogP contribution is 2.18. The number of carbonyl (C=O) groups excluding carboxylic acids is 2. The van der Waals surface area contributed by atoms with Crippen LogP contribution in [0.1, 0.15) is 19.8 Å². The highest BCUT2D eigenvalue weighted by Gasteiger charge is 2.25. The lowest BCUT2D eigenvalue weighted by atomic mass is 10.2. The molecule has 2 N–H and O–H groups in total. The van der Waals surface area contributed by atoms with E-state index in [0.29, 0.717) is 19.7 Å². The Morgan fingerprint density at radius 1 is 1.17 bits per heavy atom. The van der Waals surface area contributed by atoms with Crippen LogP contribution >= 0.6 is 0 Å². The van der Waals surface area contributed by atoms with Crippen LogP contribution < -0.4 is 10.6 Å². The molecule has 0 aliphatic carbocycles. The second-order valence-corrected chi connectivity index (χ2v) is 3.93. The SMILES string of the molecule is CCOC(=O)NCC1CCC(CNC(=O)OC)O1. The number of carbonyl (C=O) groups is 2. The molecule has 2 unspecified atom stereocenters. The number of hydrogen-bond donors (Lipinski definition) is 2. The van der Waals surface area contributed by atoms with Gasteiger partial charge in [0, 0.05) is 13.1 Å². The maximum Gasteiger partial charge on any atom is 0.407 e. The van der Waals surface area contributed by atoms with Crippen LogP contribution in [0.4, 0.5) is 9.59 Å². The second-order valence-electron chi connectivity index (χ2n) is 3.93. The lowest BCUT2D eigenvalue weighted by molar-refractivity contribution is 0.0442. The van der Waals surface area contributed by atoms with E-state index in [1.165, 1.54) is 7.11 Å². The van der Waals surface area contributed by atoms with E-state index in [1.807, 2.05) is 0 Å². The predicted molar refractivity (Wildman–Crippen MR) is 63.3 cm³/mol. The zero-order valence-corrected chi connectivity index (χ0v) is 10.7. The standard InChI is InChI=1S/C11H20N2O5/c1-3-17-11(15)13-7-9-5-4-8(18-9)6-12-10(14)16-2/h8-9H,3-7H2,1-2H3,(H,12,14)(H,13,15). The highest BCUT2D eigenvalue weighted by molar-refractivity contribution is 5.67. The van der Waals surface area contributed by atoms with Crippen LogP contribution in [0.2, 0.25) is 0 Å². The Hall–Kier alpha value is -1.50. The molecule has 0 spiro atoms. The van der Waals surface area contributed by atoms with E-state index in [2.05, 4.69) is 15.4 Å².